The normalized spacial score (nSPS) is 19.8. The molecule has 1 saturated carbocycles. The maximum atomic E-state index is 10.2. The number of benzene rings is 1. The van der Waals surface area contributed by atoms with Gasteiger partial charge < -0.3 is 14.9 Å². The van der Waals surface area contributed by atoms with Crippen LogP contribution in [0.2, 0.25) is 0 Å². The molecule has 0 radical (unpaired) electrons. The number of aliphatic hydroxyl groups excluding tert-OH is 1. The maximum Gasteiger partial charge on any atom is 0.125 e. The van der Waals surface area contributed by atoms with Gasteiger partial charge in [-0.1, -0.05) is 24.5 Å². The highest BCUT2D eigenvalue weighted by Crippen LogP contribution is 2.32. The highest BCUT2D eigenvalue weighted by molar-refractivity contribution is 5.38. The molecule has 2 N–H and O–H groups in total. The van der Waals surface area contributed by atoms with Crippen LogP contribution >= 0.6 is 0 Å². The van der Waals surface area contributed by atoms with E-state index in [0.29, 0.717) is 12.4 Å². The molecule has 1 fully saturated rings. The molecule has 2 rings (SSSR count). The van der Waals surface area contributed by atoms with Crippen LogP contribution in [0.1, 0.15) is 49.8 Å². The number of rotatable bonds is 4. The van der Waals surface area contributed by atoms with Gasteiger partial charge in [0.1, 0.15) is 12.4 Å². The minimum absolute atomic E-state index is 0.315. The van der Waals surface area contributed by atoms with Crippen molar-refractivity contribution in [1.29, 1.82) is 0 Å². The highest BCUT2D eigenvalue weighted by atomic mass is 16.5. The lowest BCUT2D eigenvalue weighted by molar-refractivity contribution is 0.000470. The summed E-state index contributed by atoms with van der Waals surface area (Å²) in [4.78, 5) is 0. The Bertz CT molecular complexity index is 406. The molecule has 0 aliphatic heterocycles. The van der Waals surface area contributed by atoms with Crippen LogP contribution in [-0.2, 0) is 0 Å². The Balaban J connectivity index is 2.09. The standard InChI is InChI=1S/C15H22O3/c1-11-5-6-14(13(9-11)12(2)16)18-10-15(17)7-3-4-8-15/h5-6,9,12,16-17H,3-4,7-8,10H2,1-2H3. The Kier molecular flexibility index (Phi) is 3.93. The summed E-state index contributed by atoms with van der Waals surface area (Å²) in [7, 11) is 0. The van der Waals surface area contributed by atoms with Gasteiger partial charge in [0.25, 0.3) is 0 Å². The molecule has 0 bridgehead atoms. The zero-order valence-electron chi connectivity index (χ0n) is 11.1. The number of ether oxygens (including phenoxy) is 1. The fourth-order valence-electron chi connectivity index (χ4n) is 2.52. The predicted octanol–water partition coefficient (Wildman–Crippen LogP) is 2.73. The first-order valence-electron chi connectivity index (χ1n) is 6.64. The van der Waals surface area contributed by atoms with Crippen molar-refractivity contribution < 1.29 is 14.9 Å². The average Bonchev–Trinajstić information content (AvgIpc) is 2.75. The Morgan fingerprint density at radius 2 is 2.00 bits per heavy atom. The van der Waals surface area contributed by atoms with E-state index in [9.17, 15) is 10.2 Å². The zero-order chi connectivity index (χ0) is 13.2. The van der Waals surface area contributed by atoms with Crippen LogP contribution in [0.15, 0.2) is 18.2 Å². The molecule has 1 aliphatic rings. The van der Waals surface area contributed by atoms with Gasteiger partial charge in [-0.3, -0.25) is 0 Å². The van der Waals surface area contributed by atoms with Gasteiger partial charge in [0.05, 0.1) is 11.7 Å². The number of aryl methyl sites for hydroxylation is 1. The third-order valence-electron chi connectivity index (χ3n) is 3.65. The van der Waals surface area contributed by atoms with E-state index < -0.39 is 11.7 Å². The van der Waals surface area contributed by atoms with Crippen molar-refractivity contribution in [1.82, 2.24) is 0 Å². The quantitative estimate of drug-likeness (QED) is 0.864. The summed E-state index contributed by atoms with van der Waals surface area (Å²) in [6.07, 6.45) is 3.19. The van der Waals surface area contributed by atoms with E-state index in [0.717, 1.165) is 36.8 Å². The van der Waals surface area contributed by atoms with E-state index in [1.807, 2.05) is 25.1 Å². The van der Waals surface area contributed by atoms with Crippen LogP contribution in [0.4, 0.5) is 0 Å². The van der Waals surface area contributed by atoms with E-state index in [-0.39, 0.29) is 0 Å². The van der Waals surface area contributed by atoms with E-state index >= 15 is 0 Å². The average molecular weight is 250 g/mol. The summed E-state index contributed by atoms with van der Waals surface area (Å²) < 4.78 is 5.73. The van der Waals surface area contributed by atoms with E-state index in [1.165, 1.54) is 0 Å². The lowest BCUT2D eigenvalue weighted by atomic mass is 10.0. The molecule has 0 heterocycles. The van der Waals surface area contributed by atoms with Crippen molar-refractivity contribution in [2.75, 3.05) is 6.61 Å². The SMILES string of the molecule is Cc1ccc(OCC2(O)CCCC2)c(C(C)O)c1. The van der Waals surface area contributed by atoms with Gasteiger partial charge in [-0.15, -0.1) is 0 Å². The molecule has 1 atom stereocenters. The lowest BCUT2D eigenvalue weighted by Gasteiger charge is -2.23. The second kappa shape index (κ2) is 5.29. The van der Waals surface area contributed by atoms with Crippen LogP contribution < -0.4 is 4.74 Å². The molecule has 3 heteroatoms. The molecule has 18 heavy (non-hydrogen) atoms. The molecule has 3 nitrogen and oxygen atoms in total. The third-order valence-corrected chi connectivity index (χ3v) is 3.65. The first-order chi connectivity index (χ1) is 8.50. The largest absolute Gasteiger partial charge is 0.490 e. The molecular formula is C15H22O3. The Labute approximate surface area is 108 Å². The molecule has 0 amide bonds. The minimum atomic E-state index is -0.680. The topological polar surface area (TPSA) is 49.7 Å². The van der Waals surface area contributed by atoms with Crippen LogP contribution in [-0.4, -0.2) is 22.4 Å². The fourth-order valence-corrected chi connectivity index (χ4v) is 2.52. The summed E-state index contributed by atoms with van der Waals surface area (Å²) in [5, 5.41) is 20.0. The Morgan fingerprint density at radius 3 is 2.61 bits per heavy atom. The van der Waals surface area contributed by atoms with Crippen molar-refractivity contribution >= 4 is 0 Å². The Morgan fingerprint density at radius 1 is 1.33 bits per heavy atom. The molecule has 100 valence electrons. The molecule has 1 unspecified atom stereocenters. The number of hydrogen-bond acceptors (Lipinski definition) is 3. The monoisotopic (exact) mass is 250 g/mol. The summed E-state index contributed by atoms with van der Waals surface area (Å²) >= 11 is 0. The fraction of sp³-hybridized carbons (Fsp3) is 0.600. The summed E-state index contributed by atoms with van der Waals surface area (Å²) in [6, 6.07) is 5.76. The van der Waals surface area contributed by atoms with Crippen molar-refractivity contribution in [3.05, 3.63) is 29.3 Å². The first kappa shape index (κ1) is 13.4. The van der Waals surface area contributed by atoms with Crippen molar-refractivity contribution in [2.45, 2.75) is 51.2 Å². The van der Waals surface area contributed by atoms with E-state index in [2.05, 4.69) is 0 Å². The smallest absolute Gasteiger partial charge is 0.125 e. The molecule has 1 aromatic carbocycles. The second-order valence-electron chi connectivity index (χ2n) is 5.44. The van der Waals surface area contributed by atoms with Gasteiger partial charge in [0.2, 0.25) is 0 Å². The van der Waals surface area contributed by atoms with Crippen molar-refractivity contribution in [2.24, 2.45) is 0 Å². The van der Waals surface area contributed by atoms with Crippen LogP contribution in [0, 0.1) is 6.92 Å². The minimum Gasteiger partial charge on any atom is -0.490 e. The van der Waals surface area contributed by atoms with Crippen molar-refractivity contribution in [3.63, 3.8) is 0 Å². The van der Waals surface area contributed by atoms with Gasteiger partial charge >= 0.3 is 0 Å². The molecule has 0 saturated heterocycles. The van der Waals surface area contributed by atoms with E-state index in [1.54, 1.807) is 6.92 Å². The van der Waals surface area contributed by atoms with Crippen LogP contribution in [0.3, 0.4) is 0 Å². The van der Waals surface area contributed by atoms with Crippen LogP contribution in [0.5, 0.6) is 5.75 Å². The zero-order valence-corrected chi connectivity index (χ0v) is 11.1. The second-order valence-corrected chi connectivity index (χ2v) is 5.44. The van der Waals surface area contributed by atoms with Crippen molar-refractivity contribution in [3.8, 4) is 5.75 Å². The van der Waals surface area contributed by atoms with Crippen LogP contribution in [0.25, 0.3) is 0 Å². The summed E-state index contributed by atoms with van der Waals surface area (Å²) in [6.45, 7) is 4.03. The highest BCUT2D eigenvalue weighted by Gasteiger charge is 2.32. The predicted molar refractivity (Wildman–Crippen MR) is 70.7 cm³/mol. The van der Waals surface area contributed by atoms with Gasteiger partial charge in [-0.2, -0.15) is 0 Å². The molecule has 0 aromatic heterocycles. The third kappa shape index (κ3) is 3.03. The van der Waals surface area contributed by atoms with Gasteiger partial charge in [-0.25, -0.2) is 0 Å². The Hall–Kier alpha value is -1.06. The van der Waals surface area contributed by atoms with Gasteiger partial charge in [-0.05, 0) is 38.8 Å². The number of aliphatic hydroxyl groups is 2. The van der Waals surface area contributed by atoms with Gasteiger partial charge in [0, 0.05) is 5.56 Å². The molecule has 0 spiro atoms. The molecular weight excluding hydrogens is 228 g/mol. The number of hydrogen-bond donors (Lipinski definition) is 2. The maximum absolute atomic E-state index is 10.2. The molecule has 1 aromatic rings. The first-order valence-corrected chi connectivity index (χ1v) is 6.64. The van der Waals surface area contributed by atoms with E-state index in [4.69, 9.17) is 4.74 Å². The summed E-state index contributed by atoms with van der Waals surface area (Å²) in [5.41, 5.74) is 1.20. The lowest BCUT2D eigenvalue weighted by Crippen LogP contribution is -2.32. The van der Waals surface area contributed by atoms with Gasteiger partial charge in [0.15, 0.2) is 0 Å². The summed E-state index contributed by atoms with van der Waals surface area (Å²) in [5.74, 6) is 0.677. The molecule has 1 aliphatic carbocycles.